The zero-order chi connectivity index (χ0) is 12.9. The van der Waals surface area contributed by atoms with Crippen LogP contribution in [0.25, 0.3) is 0 Å². The fourth-order valence-corrected chi connectivity index (χ4v) is 2.22. The van der Waals surface area contributed by atoms with Crippen LogP contribution in [0.15, 0.2) is 5.38 Å². The number of hydrogen-bond acceptors (Lipinski definition) is 5. The zero-order valence-corrected chi connectivity index (χ0v) is 11.3. The van der Waals surface area contributed by atoms with Gasteiger partial charge in [0.15, 0.2) is 0 Å². The number of nitrogens with zero attached hydrogens (tertiary/aromatic N) is 1. The van der Waals surface area contributed by atoms with E-state index in [1.807, 2.05) is 13.8 Å². The highest BCUT2D eigenvalue weighted by molar-refractivity contribution is 7.09. The van der Waals surface area contributed by atoms with Crippen LogP contribution in [-0.2, 0) is 11.2 Å². The van der Waals surface area contributed by atoms with Crippen molar-refractivity contribution in [3.05, 3.63) is 16.1 Å². The lowest BCUT2D eigenvalue weighted by Crippen LogP contribution is -2.46. The van der Waals surface area contributed by atoms with Crippen molar-refractivity contribution in [3.8, 4) is 0 Å². The van der Waals surface area contributed by atoms with Gasteiger partial charge in [-0.05, 0) is 20.4 Å². The Balaban J connectivity index is 2.63. The number of carbonyl (C=O) groups is 1. The topological polar surface area (TPSA) is 77.2 Å². The van der Waals surface area contributed by atoms with E-state index in [-0.39, 0.29) is 5.91 Å². The van der Waals surface area contributed by atoms with E-state index >= 15 is 0 Å². The molecular weight excluding hydrogens is 238 g/mol. The number of rotatable bonds is 6. The lowest BCUT2D eigenvalue weighted by atomic mass is 10.1. The van der Waals surface area contributed by atoms with Gasteiger partial charge in [-0.3, -0.25) is 4.79 Å². The van der Waals surface area contributed by atoms with Gasteiger partial charge in [0.05, 0.1) is 17.2 Å². The molecule has 0 spiro atoms. The first-order valence-corrected chi connectivity index (χ1v) is 6.32. The van der Waals surface area contributed by atoms with Crippen molar-refractivity contribution >= 4 is 17.2 Å². The van der Waals surface area contributed by atoms with Crippen LogP contribution in [0.4, 0.5) is 0 Å². The van der Waals surface area contributed by atoms with E-state index in [1.165, 1.54) is 11.3 Å². The van der Waals surface area contributed by atoms with Crippen LogP contribution in [0.3, 0.4) is 0 Å². The monoisotopic (exact) mass is 257 g/mol. The highest BCUT2D eigenvalue weighted by Crippen LogP contribution is 2.11. The van der Waals surface area contributed by atoms with Crippen molar-refractivity contribution in [2.45, 2.75) is 25.8 Å². The Labute approximate surface area is 105 Å². The summed E-state index contributed by atoms with van der Waals surface area (Å²) in [6, 6.07) is 0. The maximum absolute atomic E-state index is 11.9. The van der Waals surface area contributed by atoms with Gasteiger partial charge in [-0.1, -0.05) is 0 Å². The summed E-state index contributed by atoms with van der Waals surface area (Å²) < 4.78 is 5.04. The molecule has 0 saturated heterocycles. The highest BCUT2D eigenvalue weighted by Gasteiger charge is 2.22. The van der Waals surface area contributed by atoms with Crippen molar-refractivity contribution in [2.24, 2.45) is 5.73 Å². The molecule has 17 heavy (non-hydrogen) atoms. The molecule has 0 saturated carbocycles. The summed E-state index contributed by atoms with van der Waals surface area (Å²) >= 11 is 1.46. The van der Waals surface area contributed by atoms with Crippen molar-refractivity contribution in [2.75, 3.05) is 20.3 Å². The molecule has 1 rings (SSSR count). The van der Waals surface area contributed by atoms with E-state index in [1.54, 1.807) is 12.5 Å². The number of hydrogen-bond donors (Lipinski definition) is 2. The Morgan fingerprint density at radius 3 is 2.94 bits per heavy atom. The Morgan fingerprint density at radius 1 is 1.65 bits per heavy atom. The van der Waals surface area contributed by atoms with E-state index < -0.39 is 5.54 Å². The molecule has 0 unspecified atom stereocenters. The predicted octanol–water partition coefficient (Wildman–Crippen LogP) is 0.799. The average molecular weight is 257 g/mol. The Hall–Kier alpha value is -0.980. The standard InChI is InChI=1S/C11H19N3O2S/c1-11(2,7-16-3)14-10(15)8-6-17-9(13-8)4-5-12/h6H,4-5,7,12H2,1-3H3,(H,14,15). The molecule has 0 radical (unpaired) electrons. The van der Waals surface area contributed by atoms with Gasteiger partial charge in [0.25, 0.3) is 5.91 Å². The molecule has 0 aliphatic heterocycles. The van der Waals surface area contributed by atoms with Gasteiger partial charge in [-0.2, -0.15) is 0 Å². The van der Waals surface area contributed by atoms with Gasteiger partial charge in [0, 0.05) is 18.9 Å². The van der Waals surface area contributed by atoms with Gasteiger partial charge in [0.1, 0.15) is 5.69 Å². The Bertz CT molecular complexity index is 377. The van der Waals surface area contributed by atoms with Crippen LogP contribution in [0.5, 0.6) is 0 Å². The first-order chi connectivity index (χ1) is 7.98. The van der Waals surface area contributed by atoms with E-state index in [0.29, 0.717) is 25.3 Å². The van der Waals surface area contributed by atoms with Crippen molar-refractivity contribution in [3.63, 3.8) is 0 Å². The minimum atomic E-state index is -0.399. The Kier molecular flexibility index (Phi) is 5.04. The molecule has 0 aliphatic rings. The molecule has 96 valence electrons. The molecule has 1 amide bonds. The number of nitrogens with one attached hydrogen (secondary N) is 1. The number of carbonyl (C=O) groups excluding carboxylic acids is 1. The van der Waals surface area contributed by atoms with Gasteiger partial charge in [-0.25, -0.2) is 4.98 Å². The number of amides is 1. The minimum Gasteiger partial charge on any atom is -0.382 e. The number of methoxy groups -OCH3 is 1. The quantitative estimate of drug-likeness (QED) is 0.790. The molecule has 0 atom stereocenters. The SMILES string of the molecule is COCC(C)(C)NC(=O)c1csc(CCN)n1. The molecule has 1 aromatic heterocycles. The molecule has 3 N–H and O–H groups in total. The van der Waals surface area contributed by atoms with Gasteiger partial charge in [0.2, 0.25) is 0 Å². The van der Waals surface area contributed by atoms with Crippen LogP contribution >= 0.6 is 11.3 Å². The number of nitrogens with two attached hydrogens (primary N) is 1. The van der Waals surface area contributed by atoms with Gasteiger partial charge < -0.3 is 15.8 Å². The second-order valence-electron chi connectivity index (χ2n) is 4.44. The van der Waals surface area contributed by atoms with Crippen LogP contribution in [-0.4, -0.2) is 36.7 Å². The molecule has 0 aromatic carbocycles. The van der Waals surface area contributed by atoms with Crippen molar-refractivity contribution in [1.82, 2.24) is 10.3 Å². The molecule has 0 bridgehead atoms. The molecular formula is C11H19N3O2S. The third-order valence-corrected chi connectivity index (χ3v) is 3.01. The van der Waals surface area contributed by atoms with Crippen molar-refractivity contribution < 1.29 is 9.53 Å². The minimum absolute atomic E-state index is 0.174. The van der Waals surface area contributed by atoms with Gasteiger partial charge >= 0.3 is 0 Å². The number of ether oxygens (including phenoxy) is 1. The fraction of sp³-hybridized carbons (Fsp3) is 0.636. The summed E-state index contributed by atoms with van der Waals surface area (Å²) in [6.45, 7) is 4.81. The third-order valence-electron chi connectivity index (χ3n) is 2.10. The molecule has 1 heterocycles. The first kappa shape index (κ1) is 14.1. The largest absolute Gasteiger partial charge is 0.382 e. The summed E-state index contributed by atoms with van der Waals surface area (Å²) in [5.74, 6) is -0.174. The van der Waals surface area contributed by atoms with Crippen LogP contribution < -0.4 is 11.1 Å². The van der Waals surface area contributed by atoms with E-state index in [9.17, 15) is 4.79 Å². The molecule has 0 aliphatic carbocycles. The average Bonchev–Trinajstić information content (AvgIpc) is 2.66. The summed E-state index contributed by atoms with van der Waals surface area (Å²) in [6.07, 6.45) is 0.708. The van der Waals surface area contributed by atoms with E-state index in [0.717, 1.165) is 5.01 Å². The number of thiazole rings is 1. The lowest BCUT2D eigenvalue weighted by molar-refractivity contribution is 0.0815. The third kappa shape index (κ3) is 4.41. The van der Waals surface area contributed by atoms with E-state index in [2.05, 4.69) is 10.3 Å². The van der Waals surface area contributed by atoms with Crippen LogP contribution in [0.2, 0.25) is 0 Å². The Morgan fingerprint density at radius 2 is 2.35 bits per heavy atom. The summed E-state index contributed by atoms with van der Waals surface area (Å²) in [7, 11) is 1.61. The maximum Gasteiger partial charge on any atom is 0.271 e. The fourth-order valence-electron chi connectivity index (χ4n) is 1.42. The van der Waals surface area contributed by atoms with Crippen LogP contribution in [0.1, 0.15) is 29.3 Å². The second kappa shape index (κ2) is 6.09. The molecule has 1 aromatic rings. The summed E-state index contributed by atoms with van der Waals surface area (Å²) in [5, 5.41) is 5.52. The maximum atomic E-state index is 11.9. The molecule has 0 fully saturated rings. The van der Waals surface area contributed by atoms with Crippen LogP contribution in [0, 0.1) is 0 Å². The lowest BCUT2D eigenvalue weighted by Gasteiger charge is -2.24. The molecule has 5 nitrogen and oxygen atoms in total. The number of aromatic nitrogens is 1. The van der Waals surface area contributed by atoms with Gasteiger partial charge in [-0.15, -0.1) is 11.3 Å². The highest BCUT2D eigenvalue weighted by atomic mass is 32.1. The summed E-state index contributed by atoms with van der Waals surface area (Å²) in [5.41, 5.74) is 5.48. The zero-order valence-electron chi connectivity index (χ0n) is 10.4. The predicted molar refractivity (Wildman–Crippen MR) is 68.3 cm³/mol. The normalized spacial score (nSPS) is 11.5. The second-order valence-corrected chi connectivity index (χ2v) is 5.38. The van der Waals surface area contributed by atoms with E-state index in [4.69, 9.17) is 10.5 Å². The molecule has 6 heteroatoms. The van der Waals surface area contributed by atoms with Crippen molar-refractivity contribution in [1.29, 1.82) is 0 Å². The first-order valence-electron chi connectivity index (χ1n) is 5.44. The summed E-state index contributed by atoms with van der Waals surface area (Å²) in [4.78, 5) is 16.1. The smallest absolute Gasteiger partial charge is 0.271 e.